The lowest BCUT2D eigenvalue weighted by Gasteiger charge is -2.40. The molecule has 0 unspecified atom stereocenters. The molecule has 0 saturated carbocycles. The molecule has 3 aromatic heterocycles. The highest BCUT2D eigenvalue weighted by molar-refractivity contribution is 5.93. The normalized spacial score (nSPS) is 18.2. The molecule has 5 heterocycles. The van der Waals surface area contributed by atoms with Gasteiger partial charge in [-0.15, -0.1) is 0 Å². The first-order valence-electron chi connectivity index (χ1n) is 7.78. The lowest BCUT2D eigenvalue weighted by atomic mass is 10.1. The summed E-state index contributed by atoms with van der Waals surface area (Å²) in [5.41, 5.74) is 2.36. The number of aromatic nitrogens is 6. The van der Waals surface area contributed by atoms with Crippen molar-refractivity contribution >= 4 is 28.7 Å². The quantitative estimate of drug-likeness (QED) is 0.709. The zero-order valence-electron chi connectivity index (χ0n) is 12.8. The molecule has 2 saturated heterocycles. The SMILES string of the molecule is O=C1NCCN1c1cnn(C2CN(c3ncnc4nc[nH]c34)C2)c1. The number of hydrogen-bond donors (Lipinski definition) is 2. The van der Waals surface area contributed by atoms with E-state index in [9.17, 15) is 4.79 Å². The summed E-state index contributed by atoms with van der Waals surface area (Å²) in [5.74, 6) is 0.861. The highest BCUT2D eigenvalue weighted by atomic mass is 16.2. The molecule has 2 N–H and O–H groups in total. The molecule has 10 nitrogen and oxygen atoms in total. The van der Waals surface area contributed by atoms with Crippen LogP contribution in [0.2, 0.25) is 0 Å². The van der Waals surface area contributed by atoms with Crippen LogP contribution >= 0.6 is 0 Å². The van der Waals surface area contributed by atoms with Gasteiger partial charge in [-0.05, 0) is 0 Å². The summed E-state index contributed by atoms with van der Waals surface area (Å²) in [5, 5.41) is 7.21. The number of nitrogens with one attached hydrogen (secondary N) is 2. The Kier molecular flexibility index (Phi) is 2.72. The molecule has 122 valence electrons. The Morgan fingerprint density at radius 1 is 1.21 bits per heavy atom. The lowest BCUT2D eigenvalue weighted by molar-refractivity contribution is 0.252. The van der Waals surface area contributed by atoms with E-state index in [-0.39, 0.29) is 12.1 Å². The van der Waals surface area contributed by atoms with E-state index in [4.69, 9.17) is 0 Å². The average Bonchev–Trinajstić information content (AvgIpc) is 3.25. The number of urea groups is 1. The summed E-state index contributed by atoms with van der Waals surface area (Å²) >= 11 is 0. The second kappa shape index (κ2) is 4.91. The number of fused-ring (bicyclic) bond motifs is 1. The van der Waals surface area contributed by atoms with Crippen molar-refractivity contribution in [3.05, 3.63) is 25.0 Å². The fourth-order valence-electron chi connectivity index (χ4n) is 3.17. The summed E-state index contributed by atoms with van der Waals surface area (Å²) in [7, 11) is 0. The molecule has 3 aromatic rings. The Balaban J connectivity index is 1.32. The van der Waals surface area contributed by atoms with Crippen LogP contribution < -0.4 is 15.1 Å². The number of amides is 2. The van der Waals surface area contributed by atoms with E-state index in [1.807, 2.05) is 10.9 Å². The molecule has 0 radical (unpaired) electrons. The molecule has 10 heteroatoms. The van der Waals surface area contributed by atoms with Gasteiger partial charge in [-0.25, -0.2) is 19.7 Å². The number of hydrogen-bond acceptors (Lipinski definition) is 6. The molecular formula is C14H15N9O. The topological polar surface area (TPSA) is 108 Å². The Labute approximate surface area is 136 Å². The minimum absolute atomic E-state index is 0.0626. The first-order chi connectivity index (χ1) is 11.8. The van der Waals surface area contributed by atoms with E-state index in [2.05, 4.69) is 35.3 Å². The minimum atomic E-state index is -0.0626. The minimum Gasteiger partial charge on any atom is -0.350 e. The van der Waals surface area contributed by atoms with Crippen molar-refractivity contribution in [3.8, 4) is 0 Å². The highest BCUT2D eigenvalue weighted by Crippen LogP contribution is 2.30. The van der Waals surface area contributed by atoms with E-state index < -0.39 is 0 Å². The van der Waals surface area contributed by atoms with Gasteiger partial charge in [-0.1, -0.05) is 0 Å². The van der Waals surface area contributed by atoms with Crippen molar-refractivity contribution in [3.63, 3.8) is 0 Å². The molecule has 2 aliphatic rings. The molecule has 24 heavy (non-hydrogen) atoms. The van der Waals surface area contributed by atoms with Gasteiger partial charge in [0.1, 0.15) is 11.8 Å². The molecule has 0 atom stereocenters. The number of carbonyl (C=O) groups excluding carboxylic acids is 1. The third-order valence-electron chi connectivity index (χ3n) is 4.50. The molecule has 0 aromatic carbocycles. The van der Waals surface area contributed by atoms with Crippen LogP contribution in [-0.4, -0.2) is 61.9 Å². The van der Waals surface area contributed by atoms with Crippen LogP contribution in [-0.2, 0) is 0 Å². The van der Waals surface area contributed by atoms with Gasteiger partial charge in [-0.2, -0.15) is 5.10 Å². The van der Waals surface area contributed by atoms with Gasteiger partial charge in [-0.3, -0.25) is 9.58 Å². The zero-order chi connectivity index (χ0) is 16.1. The van der Waals surface area contributed by atoms with Crippen molar-refractivity contribution in [2.24, 2.45) is 0 Å². The number of imidazole rings is 1. The van der Waals surface area contributed by atoms with E-state index >= 15 is 0 Å². The van der Waals surface area contributed by atoms with E-state index in [0.29, 0.717) is 18.7 Å². The summed E-state index contributed by atoms with van der Waals surface area (Å²) in [4.78, 5) is 31.3. The van der Waals surface area contributed by atoms with Crippen LogP contribution in [0.5, 0.6) is 0 Å². The lowest BCUT2D eigenvalue weighted by Crippen LogP contribution is -2.48. The number of carbonyl (C=O) groups is 1. The molecule has 0 bridgehead atoms. The van der Waals surface area contributed by atoms with E-state index in [1.165, 1.54) is 6.33 Å². The summed E-state index contributed by atoms with van der Waals surface area (Å²) < 4.78 is 1.92. The largest absolute Gasteiger partial charge is 0.350 e. The molecule has 2 fully saturated rings. The van der Waals surface area contributed by atoms with Crippen LogP contribution in [0.15, 0.2) is 25.0 Å². The molecular weight excluding hydrogens is 310 g/mol. The third-order valence-corrected chi connectivity index (χ3v) is 4.50. The fourth-order valence-corrected chi connectivity index (χ4v) is 3.17. The molecule has 5 rings (SSSR count). The van der Waals surface area contributed by atoms with Crippen molar-refractivity contribution in [1.29, 1.82) is 0 Å². The number of anilines is 2. The first-order valence-corrected chi connectivity index (χ1v) is 7.78. The van der Waals surface area contributed by atoms with Gasteiger partial charge in [0.2, 0.25) is 0 Å². The predicted octanol–water partition coefficient (Wildman–Crippen LogP) is 0.140. The third kappa shape index (κ3) is 1.92. The van der Waals surface area contributed by atoms with Crippen LogP contribution in [0.4, 0.5) is 16.3 Å². The smallest absolute Gasteiger partial charge is 0.322 e. The number of H-pyrrole nitrogens is 1. The number of aromatic amines is 1. The van der Waals surface area contributed by atoms with Crippen LogP contribution in [0.3, 0.4) is 0 Å². The first kappa shape index (κ1) is 13.3. The monoisotopic (exact) mass is 325 g/mol. The van der Waals surface area contributed by atoms with Gasteiger partial charge < -0.3 is 15.2 Å². The van der Waals surface area contributed by atoms with Crippen molar-refractivity contribution in [2.45, 2.75) is 6.04 Å². The van der Waals surface area contributed by atoms with Gasteiger partial charge in [0.05, 0.1) is 24.3 Å². The van der Waals surface area contributed by atoms with Gasteiger partial charge in [0.15, 0.2) is 11.5 Å². The van der Waals surface area contributed by atoms with E-state index in [1.54, 1.807) is 17.4 Å². The average molecular weight is 325 g/mol. The second-order valence-corrected chi connectivity index (χ2v) is 5.92. The second-order valence-electron chi connectivity index (χ2n) is 5.92. The van der Waals surface area contributed by atoms with Crippen LogP contribution in [0, 0.1) is 0 Å². The Bertz CT molecular complexity index is 910. The van der Waals surface area contributed by atoms with E-state index in [0.717, 1.165) is 30.1 Å². The van der Waals surface area contributed by atoms with Crippen molar-refractivity contribution in [1.82, 2.24) is 35.0 Å². The maximum Gasteiger partial charge on any atom is 0.322 e. The summed E-state index contributed by atoms with van der Waals surface area (Å²) in [6.45, 7) is 2.96. The van der Waals surface area contributed by atoms with Crippen LogP contribution in [0.1, 0.15) is 6.04 Å². The molecule has 0 aliphatic carbocycles. The summed E-state index contributed by atoms with van der Waals surface area (Å²) in [6, 6.07) is 0.199. The molecule has 0 spiro atoms. The van der Waals surface area contributed by atoms with Gasteiger partial charge in [0, 0.05) is 32.4 Å². The maximum atomic E-state index is 11.7. The predicted molar refractivity (Wildman–Crippen MR) is 85.9 cm³/mol. The van der Waals surface area contributed by atoms with Crippen molar-refractivity contribution in [2.75, 3.05) is 36.0 Å². The van der Waals surface area contributed by atoms with Crippen LogP contribution in [0.25, 0.3) is 11.2 Å². The van der Waals surface area contributed by atoms with Gasteiger partial charge >= 0.3 is 6.03 Å². The maximum absolute atomic E-state index is 11.7. The fraction of sp³-hybridized carbons (Fsp3) is 0.357. The van der Waals surface area contributed by atoms with Crippen molar-refractivity contribution < 1.29 is 4.79 Å². The standard InChI is InChI=1S/C14H15N9O/c24-14-15-1-2-22(14)9-3-20-23(6-9)10-4-21(5-10)13-11-12(17-7-16-11)18-8-19-13/h3,6-8,10H,1-2,4-5H2,(H,15,24)(H,16,17,18,19). The zero-order valence-corrected chi connectivity index (χ0v) is 12.8. The number of rotatable bonds is 3. The highest BCUT2D eigenvalue weighted by Gasteiger charge is 2.32. The summed E-state index contributed by atoms with van der Waals surface area (Å²) in [6.07, 6.45) is 6.83. The Hall–Kier alpha value is -3.17. The molecule has 2 amide bonds. The molecule has 2 aliphatic heterocycles. The Morgan fingerprint density at radius 2 is 2.12 bits per heavy atom. The Morgan fingerprint density at radius 3 is 2.96 bits per heavy atom. The number of nitrogens with zero attached hydrogens (tertiary/aromatic N) is 7. The van der Waals surface area contributed by atoms with Gasteiger partial charge in [0.25, 0.3) is 0 Å².